The van der Waals surface area contributed by atoms with Gasteiger partial charge < -0.3 is 10.5 Å². The molecule has 72 valence electrons. The highest BCUT2D eigenvalue weighted by atomic mass is 16.5. The number of hydrogen-bond donors (Lipinski definition) is 1. The standard InChI is InChI=1S/C10H21NO/c1-3-8-12-9-4-6-10(2,11)7-5-9/h9H,3-8,11H2,1-2H3/t9-,10-. The highest BCUT2D eigenvalue weighted by Crippen LogP contribution is 2.27. The fraction of sp³-hybridized carbons (Fsp3) is 1.00. The van der Waals surface area contributed by atoms with Crippen molar-refractivity contribution in [1.29, 1.82) is 0 Å². The minimum Gasteiger partial charge on any atom is -0.378 e. The molecule has 0 aromatic heterocycles. The van der Waals surface area contributed by atoms with E-state index in [0.29, 0.717) is 6.10 Å². The van der Waals surface area contributed by atoms with Gasteiger partial charge in [0.25, 0.3) is 0 Å². The van der Waals surface area contributed by atoms with Crippen LogP contribution < -0.4 is 5.73 Å². The molecule has 0 radical (unpaired) electrons. The lowest BCUT2D eigenvalue weighted by atomic mass is 9.83. The Balaban J connectivity index is 2.18. The maximum atomic E-state index is 6.01. The Labute approximate surface area is 75.5 Å². The van der Waals surface area contributed by atoms with Crippen molar-refractivity contribution in [3.8, 4) is 0 Å². The minimum atomic E-state index is 0.0755. The highest BCUT2D eigenvalue weighted by Gasteiger charge is 2.27. The number of ether oxygens (including phenoxy) is 1. The second-order valence-electron chi connectivity index (χ2n) is 4.22. The average Bonchev–Trinajstić information content (AvgIpc) is 2.03. The molecule has 0 amide bonds. The summed E-state index contributed by atoms with van der Waals surface area (Å²) in [5, 5.41) is 0. The molecule has 0 bridgehead atoms. The van der Waals surface area contributed by atoms with E-state index < -0.39 is 0 Å². The van der Waals surface area contributed by atoms with E-state index in [9.17, 15) is 0 Å². The Morgan fingerprint density at radius 2 is 2.00 bits per heavy atom. The zero-order valence-corrected chi connectivity index (χ0v) is 8.31. The third-order valence-corrected chi connectivity index (χ3v) is 2.63. The van der Waals surface area contributed by atoms with E-state index >= 15 is 0 Å². The summed E-state index contributed by atoms with van der Waals surface area (Å²) >= 11 is 0. The zero-order valence-electron chi connectivity index (χ0n) is 8.31. The van der Waals surface area contributed by atoms with E-state index in [1.807, 2.05) is 0 Å². The van der Waals surface area contributed by atoms with Crippen LogP contribution in [0.2, 0.25) is 0 Å². The number of hydrogen-bond acceptors (Lipinski definition) is 2. The van der Waals surface area contributed by atoms with E-state index in [1.165, 1.54) is 0 Å². The summed E-state index contributed by atoms with van der Waals surface area (Å²) in [6.45, 7) is 5.20. The van der Waals surface area contributed by atoms with Crippen LogP contribution in [0.15, 0.2) is 0 Å². The Morgan fingerprint density at radius 1 is 1.42 bits per heavy atom. The van der Waals surface area contributed by atoms with Gasteiger partial charge in [0.2, 0.25) is 0 Å². The van der Waals surface area contributed by atoms with Crippen LogP contribution in [0.3, 0.4) is 0 Å². The molecule has 2 nitrogen and oxygen atoms in total. The van der Waals surface area contributed by atoms with Crippen LogP contribution in [0.5, 0.6) is 0 Å². The van der Waals surface area contributed by atoms with Crippen LogP contribution >= 0.6 is 0 Å². The molecule has 1 aliphatic carbocycles. The van der Waals surface area contributed by atoms with Crippen molar-refractivity contribution in [1.82, 2.24) is 0 Å². The SMILES string of the molecule is CCCO[C@H]1CC[C@](C)(N)CC1. The molecule has 0 spiro atoms. The van der Waals surface area contributed by atoms with Gasteiger partial charge >= 0.3 is 0 Å². The van der Waals surface area contributed by atoms with Crippen LogP contribution in [-0.4, -0.2) is 18.2 Å². The van der Waals surface area contributed by atoms with Crippen molar-refractivity contribution in [3.63, 3.8) is 0 Å². The van der Waals surface area contributed by atoms with Gasteiger partial charge in [-0.15, -0.1) is 0 Å². The summed E-state index contributed by atoms with van der Waals surface area (Å²) in [7, 11) is 0. The van der Waals surface area contributed by atoms with Gasteiger partial charge in [-0.3, -0.25) is 0 Å². The highest BCUT2D eigenvalue weighted by molar-refractivity contribution is 4.85. The topological polar surface area (TPSA) is 35.2 Å². The van der Waals surface area contributed by atoms with Crippen molar-refractivity contribution in [2.75, 3.05) is 6.61 Å². The van der Waals surface area contributed by atoms with Crippen LogP contribution in [0.25, 0.3) is 0 Å². The molecule has 0 atom stereocenters. The molecule has 0 aliphatic heterocycles. The predicted molar refractivity (Wildman–Crippen MR) is 51.1 cm³/mol. The van der Waals surface area contributed by atoms with Crippen LogP contribution in [0, 0.1) is 0 Å². The van der Waals surface area contributed by atoms with Gasteiger partial charge in [-0.1, -0.05) is 6.92 Å². The molecular weight excluding hydrogens is 150 g/mol. The lowest BCUT2D eigenvalue weighted by Gasteiger charge is -2.33. The monoisotopic (exact) mass is 171 g/mol. The Hall–Kier alpha value is -0.0800. The summed E-state index contributed by atoms with van der Waals surface area (Å²) in [6.07, 6.45) is 6.13. The van der Waals surface area contributed by atoms with Gasteiger partial charge in [0.05, 0.1) is 6.10 Å². The fourth-order valence-electron chi connectivity index (χ4n) is 1.70. The van der Waals surface area contributed by atoms with Crippen molar-refractivity contribution >= 4 is 0 Å². The maximum absolute atomic E-state index is 6.01. The van der Waals surface area contributed by atoms with Crippen LogP contribution in [-0.2, 0) is 4.74 Å². The smallest absolute Gasteiger partial charge is 0.0576 e. The second-order valence-corrected chi connectivity index (χ2v) is 4.22. The third-order valence-electron chi connectivity index (χ3n) is 2.63. The van der Waals surface area contributed by atoms with E-state index in [2.05, 4.69) is 13.8 Å². The van der Waals surface area contributed by atoms with Gasteiger partial charge in [-0.2, -0.15) is 0 Å². The molecule has 0 saturated heterocycles. The molecule has 0 unspecified atom stereocenters. The second kappa shape index (κ2) is 4.24. The summed E-state index contributed by atoms with van der Waals surface area (Å²) < 4.78 is 5.67. The Bertz CT molecular complexity index is 124. The third kappa shape index (κ3) is 3.11. The molecule has 1 aliphatic rings. The summed E-state index contributed by atoms with van der Waals surface area (Å²) in [6, 6.07) is 0. The van der Waals surface area contributed by atoms with Crippen LogP contribution in [0.4, 0.5) is 0 Å². The Kier molecular flexibility index (Phi) is 3.53. The lowest BCUT2D eigenvalue weighted by molar-refractivity contribution is 0.0159. The first kappa shape index (κ1) is 10.0. The summed E-state index contributed by atoms with van der Waals surface area (Å²) in [4.78, 5) is 0. The predicted octanol–water partition coefficient (Wildman–Crippen LogP) is 2.07. The summed E-state index contributed by atoms with van der Waals surface area (Å²) in [5.41, 5.74) is 6.09. The fourth-order valence-corrected chi connectivity index (χ4v) is 1.70. The maximum Gasteiger partial charge on any atom is 0.0576 e. The van der Waals surface area contributed by atoms with Gasteiger partial charge in [-0.25, -0.2) is 0 Å². The normalized spacial score (nSPS) is 36.8. The number of rotatable bonds is 3. The van der Waals surface area contributed by atoms with E-state index in [-0.39, 0.29) is 5.54 Å². The van der Waals surface area contributed by atoms with Crippen molar-refractivity contribution in [3.05, 3.63) is 0 Å². The first-order chi connectivity index (χ1) is 5.64. The molecule has 12 heavy (non-hydrogen) atoms. The van der Waals surface area contributed by atoms with E-state index in [0.717, 1.165) is 38.7 Å². The van der Waals surface area contributed by atoms with Gasteiger partial charge in [0, 0.05) is 12.1 Å². The zero-order chi connectivity index (χ0) is 9.03. The van der Waals surface area contributed by atoms with Crippen molar-refractivity contribution < 1.29 is 4.74 Å². The first-order valence-electron chi connectivity index (χ1n) is 5.04. The molecule has 2 N–H and O–H groups in total. The molecule has 0 heterocycles. The van der Waals surface area contributed by atoms with Gasteiger partial charge in [0.1, 0.15) is 0 Å². The van der Waals surface area contributed by atoms with E-state index in [4.69, 9.17) is 10.5 Å². The molecule has 0 aromatic carbocycles. The quantitative estimate of drug-likeness (QED) is 0.705. The van der Waals surface area contributed by atoms with Crippen molar-refractivity contribution in [2.45, 2.75) is 57.6 Å². The Morgan fingerprint density at radius 3 is 2.50 bits per heavy atom. The molecule has 1 saturated carbocycles. The number of nitrogens with two attached hydrogens (primary N) is 1. The molecule has 1 fully saturated rings. The van der Waals surface area contributed by atoms with E-state index in [1.54, 1.807) is 0 Å². The molecule has 0 aromatic rings. The van der Waals surface area contributed by atoms with Crippen molar-refractivity contribution in [2.24, 2.45) is 5.73 Å². The summed E-state index contributed by atoms with van der Waals surface area (Å²) in [5.74, 6) is 0. The largest absolute Gasteiger partial charge is 0.378 e. The minimum absolute atomic E-state index is 0.0755. The first-order valence-corrected chi connectivity index (χ1v) is 5.04. The van der Waals surface area contributed by atoms with Gasteiger partial charge in [0.15, 0.2) is 0 Å². The molecule has 1 rings (SSSR count). The average molecular weight is 171 g/mol. The molecule has 2 heteroatoms. The van der Waals surface area contributed by atoms with Crippen LogP contribution in [0.1, 0.15) is 46.0 Å². The molecular formula is C10H21NO. The van der Waals surface area contributed by atoms with Gasteiger partial charge in [-0.05, 0) is 39.0 Å². The lowest BCUT2D eigenvalue weighted by Crippen LogP contribution is -2.41.